The third kappa shape index (κ3) is 4.33. The fourth-order valence-corrected chi connectivity index (χ4v) is 9.01. The molecule has 0 fully saturated rings. The summed E-state index contributed by atoms with van der Waals surface area (Å²) in [7, 11) is 0. The van der Waals surface area contributed by atoms with Crippen LogP contribution in [0.25, 0.3) is 50.5 Å². The predicted molar refractivity (Wildman–Crippen MR) is 217 cm³/mol. The van der Waals surface area contributed by atoms with E-state index >= 15 is 0 Å². The summed E-state index contributed by atoms with van der Waals surface area (Å²) in [6.45, 7) is 0. The molecule has 7 aromatic carbocycles. The summed E-state index contributed by atoms with van der Waals surface area (Å²) in [5.41, 5.74) is 15.6. The van der Waals surface area contributed by atoms with E-state index in [2.05, 4.69) is 157 Å². The zero-order chi connectivity index (χ0) is 35.8. The van der Waals surface area contributed by atoms with E-state index in [0.29, 0.717) is 5.56 Å². The minimum Gasteiger partial charge on any atom is -0.456 e. The normalized spacial score (nSPS) is 15.2. The van der Waals surface area contributed by atoms with Crippen LogP contribution >= 0.6 is 0 Å². The minimum atomic E-state index is -0.509. The van der Waals surface area contributed by atoms with Crippen molar-refractivity contribution >= 4 is 22.7 Å². The van der Waals surface area contributed by atoms with Crippen LogP contribution in [-0.2, 0) is 5.41 Å². The van der Waals surface area contributed by atoms with Gasteiger partial charge in [0.2, 0.25) is 0 Å². The fraction of sp³-hybridized carbons (Fsp3) is 0.0400. The Labute approximate surface area is 313 Å². The molecular weight excluding hydrogens is 659 g/mol. The van der Waals surface area contributed by atoms with Crippen molar-refractivity contribution < 1.29 is 4.74 Å². The third-order valence-corrected chi connectivity index (χ3v) is 11.4. The largest absolute Gasteiger partial charge is 0.456 e. The van der Waals surface area contributed by atoms with Crippen molar-refractivity contribution in [1.29, 1.82) is 5.26 Å². The van der Waals surface area contributed by atoms with Gasteiger partial charge in [-0.3, -0.25) is 0 Å². The van der Waals surface area contributed by atoms with Gasteiger partial charge >= 0.3 is 0 Å². The van der Waals surface area contributed by atoms with Crippen LogP contribution in [0.1, 0.15) is 45.0 Å². The molecule has 54 heavy (non-hydrogen) atoms. The van der Waals surface area contributed by atoms with Crippen LogP contribution in [0, 0.1) is 11.3 Å². The summed E-state index contributed by atoms with van der Waals surface area (Å²) in [6.07, 6.45) is 4.42. The fourth-order valence-electron chi connectivity index (χ4n) is 9.01. The second-order valence-corrected chi connectivity index (χ2v) is 14.2. The van der Waals surface area contributed by atoms with Crippen molar-refractivity contribution in [2.24, 2.45) is 0 Å². The molecule has 0 saturated carbocycles. The third-order valence-electron chi connectivity index (χ3n) is 11.4. The molecule has 4 nitrogen and oxygen atoms in total. The number of fused-ring (bicyclic) bond motifs is 12. The number of hydrogen-bond acceptors (Lipinski definition) is 4. The topological polar surface area (TPSA) is 57.9 Å². The number of hydrogen-bond donors (Lipinski definition) is 1. The van der Waals surface area contributed by atoms with E-state index in [1.165, 1.54) is 22.3 Å². The lowest BCUT2D eigenvalue weighted by molar-refractivity contribution is 0.438. The molecule has 2 aliphatic heterocycles. The van der Waals surface area contributed by atoms with Crippen molar-refractivity contribution in [2.75, 3.05) is 5.32 Å². The molecule has 8 aromatic rings. The maximum absolute atomic E-state index is 9.49. The molecule has 252 valence electrons. The van der Waals surface area contributed by atoms with Gasteiger partial charge in [-0.05, 0) is 69.3 Å². The second kappa shape index (κ2) is 11.6. The molecule has 3 aliphatic rings. The number of para-hydroxylation sites is 2. The molecule has 0 saturated heterocycles. The number of nitrogens with one attached hydrogen (secondary N) is 1. The maximum Gasteiger partial charge on any atom is 0.140 e. The number of nitrogens with zero attached hydrogens (tertiary/aromatic N) is 2. The quantitative estimate of drug-likeness (QED) is 0.201. The minimum absolute atomic E-state index is 0.0727. The number of ether oxygens (including phenoxy) is 1. The first-order chi connectivity index (χ1) is 26.7. The summed E-state index contributed by atoms with van der Waals surface area (Å²) < 4.78 is 6.97. The van der Waals surface area contributed by atoms with Crippen molar-refractivity contribution in [1.82, 2.24) is 4.98 Å². The summed E-state index contributed by atoms with van der Waals surface area (Å²) in [5, 5.41) is 14.4. The van der Waals surface area contributed by atoms with Crippen LogP contribution < -0.4 is 10.1 Å². The highest BCUT2D eigenvalue weighted by Gasteiger charge is 2.51. The molecule has 1 atom stereocenters. The molecule has 1 unspecified atom stereocenters. The van der Waals surface area contributed by atoms with Gasteiger partial charge in [0.25, 0.3) is 0 Å². The van der Waals surface area contributed by atoms with Crippen molar-refractivity contribution in [3.05, 3.63) is 209 Å². The highest BCUT2D eigenvalue weighted by atomic mass is 16.5. The maximum atomic E-state index is 9.49. The van der Waals surface area contributed by atoms with Crippen molar-refractivity contribution in [3.63, 3.8) is 0 Å². The lowest BCUT2D eigenvalue weighted by Crippen LogP contribution is -2.32. The van der Waals surface area contributed by atoms with Gasteiger partial charge in [-0.15, -0.1) is 0 Å². The average Bonchev–Trinajstić information content (AvgIpc) is 3.54. The molecule has 1 aliphatic carbocycles. The SMILES string of the molecule is N#Cc1cccc(-c2ccc3ccc4c(c3n2)NC(c2cccc(-c3cccc5c3Oc3ccccc3C53c5ccccc5-c5ccccc53)c2)C=C4)c1. The van der Waals surface area contributed by atoms with E-state index in [-0.39, 0.29) is 6.04 Å². The number of aromatic nitrogens is 1. The molecule has 11 rings (SSSR count). The number of rotatable bonds is 3. The van der Waals surface area contributed by atoms with Crippen LogP contribution in [0.15, 0.2) is 170 Å². The Kier molecular flexibility index (Phi) is 6.56. The van der Waals surface area contributed by atoms with Crippen LogP contribution in [0.2, 0.25) is 0 Å². The van der Waals surface area contributed by atoms with Gasteiger partial charge in [0.15, 0.2) is 0 Å². The van der Waals surface area contributed by atoms with E-state index in [4.69, 9.17) is 9.72 Å². The summed E-state index contributed by atoms with van der Waals surface area (Å²) >= 11 is 0. The van der Waals surface area contributed by atoms with Crippen molar-refractivity contribution in [3.8, 4) is 51.1 Å². The highest BCUT2D eigenvalue weighted by molar-refractivity contribution is 5.98. The van der Waals surface area contributed by atoms with E-state index in [1.54, 1.807) is 0 Å². The first-order valence-corrected chi connectivity index (χ1v) is 18.3. The van der Waals surface area contributed by atoms with Gasteiger partial charge in [-0.1, -0.05) is 146 Å². The van der Waals surface area contributed by atoms with Gasteiger partial charge in [-0.2, -0.15) is 5.26 Å². The molecule has 1 N–H and O–H groups in total. The zero-order valence-electron chi connectivity index (χ0n) is 29.1. The van der Waals surface area contributed by atoms with E-state index in [1.807, 2.05) is 30.3 Å². The van der Waals surface area contributed by atoms with Gasteiger partial charge in [-0.25, -0.2) is 4.98 Å². The van der Waals surface area contributed by atoms with Gasteiger partial charge in [0.05, 0.1) is 40.0 Å². The molecule has 1 aromatic heterocycles. The molecular formula is C50H31N3O. The highest BCUT2D eigenvalue weighted by Crippen LogP contribution is 2.63. The Morgan fingerprint density at radius 2 is 1.30 bits per heavy atom. The van der Waals surface area contributed by atoms with Gasteiger partial charge in [0, 0.05) is 27.6 Å². The lowest BCUT2D eigenvalue weighted by Gasteiger charge is -2.40. The lowest BCUT2D eigenvalue weighted by atomic mass is 9.65. The standard InChI is InChI=1S/C50H31N3O/c51-30-31-10-7-12-35(28-31)44-26-24-32-22-23-33-25-27-45(53-48(33)47(32)52-44)36-13-8-11-34(29-36)37-16-9-20-43-49(37)54-46-21-6-5-19-42(46)50(43)40-17-3-1-14-38(40)39-15-2-4-18-41(39)50/h1-29,45,53H. The van der Waals surface area contributed by atoms with Crippen LogP contribution in [0.4, 0.5) is 5.69 Å². The van der Waals surface area contributed by atoms with Gasteiger partial charge < -0.3 is 10.1 Å². The summed E-state index contributed by atoms with van der Waals surface area (Å²) in [6, 6.07) is 59.8. The van der Waals surface area contributed by atoms with E-state index in [0.717, 1.165) is 72.7 Å². The summed E-state index contributed by atoms with van der Waals surface area (Å²) in [4.78, 5) is 5.14. The van der Waals surface area contributed by atoms with Crippen molar-refractivity contribution in [2.45, 2.75) is 11.5 Å². The molecule has 3 heterocycles. The smallest absolute Gasteiger partial charge is 0.140 e. The van der Waals surface area contributed by atoms with Gasteiger partial charge in [0.1, 0.15) is 11.5 Å². The monoisotopic (exact) mass is 689 g/mol. The van der Waals surface area contributed by atoms with Crippen LogP contribution in [0.3, 0.4) is 0 Å². The van der Waals surface area contributed by atoms with E-state index < -0.39 is 5.41 Å². The average molecular weight is 690 g/mol. The predicted octanol–water partition coefficient (Wildman–Crippen LogP) is 12.1. The number of pyridine rings is 1. The first-order valence-electron chi connectivity index (χ1n) is 18.3. The zero-order valence-corrected chi connectivity index (χ0v) is 29.1. The molecule has 0 amide bonds. The number of nitriles is 1. The Bertz CT molecular complexity index is 2890. The number of anilines is 1. The second-order valence-electron chi connectivity index (χ2n) is 14.2. The first kappa shape index (κ1) is 30.4. The molecule has 1 spiro atoms. The van der Waals surface area contributed by atoms with E-state index in [9.17, 15) is 5.26 Å². The Balaban J connectivity index is 1.02. The molecule has 0 bridgehead atoms. The summed E-state index contributed by atoms with van der Waals surface area (Å²) in [5.74, 6) is 1.77. The Hall–Kier alpha value is -7.22. The number of benzene rings is 7. The Morgan fingerprint density at radius 3 is 2.13 bits per heavy atom. The Morgan fingerprint density at radius 1 is 0.611 bits per heavy atom. The van der Waals surface area contributed by atoms with Crippen LogP contribution in [0.5, 0.6) is 11.5 Å². The van der Waals surface area contributed by atoms with Crippen LogP contribution in [-0.4, -0.2) is 4.98 Å². The molecule has 0 radical (unpaired) electrons. The molecule has 4 heteroatoms.